The Morgan fingerprint density at radius 1 is 1.33 bits per heavy atom. The van der Waals surface area contributed by atoms with Gasteiger partial charge in [-0.1, -0.05) is 18.2 Å². The van der Waals surface area contributed by atoms with Gasteiger partial charge in [0.2, 0.25) is 0 Å². The summed E-state index contributed by atoms with van der Waals surface area (Å²) < 4.78 is 36.1. The molecule has 0 radical (unpaired) electrons. The first kappa shape index (κ1) is 27.7. The zero-order chi connectivity index (χ0) is 26.5. The summed E-state index contributed by atoms with van der Waals surface area (Å²) in [4.78, 5) is 28.0. The number of rotatable bonds is 11. The number of aromatic nitrogens is 2. The highest BCUT2D eigenvalue weighted by atomic mass is 31.2. The van der Waals surface area contributed by atoms with Crippen molar-refractivity contribution in [3.8, 4) is 5.75 Å². The van der Waals surface area contributed by atoms with E-state index in [-0.39, 0.29) is 18.2 Å². The fraction of sp³-hybridized carbons (Fsp3) is 0.476. The number of hydrogen-bond donors (Lipinski definition) is 5. The van der Waals surface area contributed by atoms with E-state index in [1.165, 1.54) is 38.2 Å². The van der Waals surface area contributed by atoms with Crippen LogP contribution < -0.4 is 20.8 Å². The monoisotopic (exact) mass is 528 g/mol. The lowest BCUT2D eigenvalue weighted by Crippen LogP contribution is -2.46. The number of carbonyl (C=O) groups excluding carboxylic acids is 1. The van der Waals surface area contributed by atoms with E-state index in [0.29, 0.717) is 0 Å². The van der Waals surface area contributed by atoms with Crippen LogP contribution in [0.5, 0.6) is 5.75 Å². The van der Waals surface area contributed by atoms with Gasteiger partial charge in [-0.3, -0.25) is 24.6 Å². The molecule has 0 bridgehead atoms. The van der Waals surface area contributed by atoms with Gasteiger partial charge in [0.15, 0.2) is 12.0 Å². The summed E-state index contributed by atoms with van der Waals surface area (Å²) in [6, 6.07) is 8.23. The minimum absolute atomic E-state index is 0.109. The lowest BCUT2D eigenvalue weighted by atomic mass is 9.96. The summed E-state index contributed by atoms with van der Waals surface area (Å²) >= 11 is 0. The molecule has 1 saturated heterocycles. The Kier molecular flexibility index (Phi) is 8.84. The van der Waals surface area contributed by atoms with Gasteiger partial charge in [0, 0.05) is 6.20 Å². The summed E-state index contributed by atoms with van der Waals surface area (Å²) in [5.41, 5.74) is -1.13. The van der Waals surface area contributed by atoms with Crippen molar-refractivity contribution >= 4 is 19.5 Å². The number of esters is 1. The maximum atomic E-state index is 13.5. The van der Waals surface area contributed by atoms with Crippen LogP contribution in [0, 0.1) is 0 Å². The lowest BCUT2D eigenvalue weighted by molar-refractivity contribution is -0.144. The van der Waals surface area contributed by atoms with E-state index < -0.39 is 56.1 Å². The van der Waals surface area contributed by atoms with Gasteiger partial charge < -0.3 is 24.2 Å². The number of ether oxygens (including phenoxy) is 2. The van der Waals surface area contributed by atoms with E-state index in [1.807, 2.05) is 0 Å². The molecule has 2 heterocycles. The van der Waals surface area contributed by atoms with Gasteiger partial charge in [-0.15, -0.1) is 0 Å². The molecule has 1 fully saturated rings. The third-order valence-corrected chi connectivity index (χ3v) is 6.96. The smallest absolute Gasteiger partial charge is 0.459 e. The molecule has 14 nitrogen and oxygen atoms in total. The van der Waals surface area contributed by atoms with E-state index in [9.17, 15) is 24.4 Å². The average Bonchev–Trinajstić information content (AvgIpc) is 3.06. The van der Waals surface area contributed by atoms with Crippen molar-refractivity contribution in [2.24, 2.45) is 0 Å². The second-order valence-corrected chi connectivity index (χ2v) is 9.81. The molecule has 15 heteroatoms. The van der Waals surface area contributed by atoms with Gasteiger partial charge in [0.1, 0.15) is 29.6 Å². The molecule has 1 aliphatic rings. The highest BCUT2D eigenvalue weighted by molar-refractivity contribution is 7.52. The molecule has 6 atom stereocenters. The Balaban J connectivity index is 1.79. The van der Waals surface area contributed by atoms with Crippen molar-refractivity contribution in [2.75, 3.05) is 18.7 Å². The van der Waals surface area contributed by atoms with Gasteiger partial charge >= 0.3 is 19.4 Å². The van der Waals surface area contributed by atoms with E-state index >= 15 is 0 Å². The average molecular weight is 528 g/mol. The predicted molar refractivity (Wildman–Crippen MR) is 124 cm³/mol. The number of nitrogens with zero attached hydrogens (tertiary/aromatic N) is 2. The van der Waals surface area contributed by atoms with Crippen molar-refractivity contribution in [2.45, 2.75) is 50.8 Å². The van der Waals surface area contributed by atoms with Gasteiger partial charge in [0.05, 0.1) is 13.2 Å². The SMILES string of the molecule is CCOC(=O)[C@H](C)NP(=O)(OC[C@H]1O[C@@H](n2ccc(NO)nc2=O)C(C)(O)C1O)Oc1ccccc1. The number of anilines is 1. The first-order valence-electron chi connectivity index (χ1n) is 11.0. The van der Waals surface area contributed by atoms with Crippen LogP contribution in [0.3, 0.4) is 0 Å². The molecular weight excluding hydrogens is 499 g/mol. The van der Waals surface area contributed by atoms with Gasteiger partial charge in [-0.2, -0.15) is 10.1 Å². The zero-order valence-electron chi connectivity index (χ0n) is 19.8. The Morgan fingerprint density at radius 2 is 2.03 bits per heavy atom. The molecule has 2 aromatic rings. The molecule has 3 unspecified atom stereocenters. The normalized spacial score (nSPS) is 26.1. The van der Waals surface area contributed by atoms with Gasteiger partial charge in [-0.25, -0.2) is 9.36 Å². The number of benzene rings is 1. The van der Waals surface area contributed by atoms with Crippen molar-refractivity contribution in [3.63, 3.8) is 0 Å². The van der Waals surface area contributed by atoms with Crippen molar-refractivity contribution in [3.05, 3.63) is 53.1 Å². The summed E-state index contributed by atoms with van der Waals surface area (Å²) in [7, 11) is -4.25. The summed E-state index contributed by atoms with van der Waals surface area (Å²) in [5.74, 6) is -0.640. The number of carbonyl (C=O) groups is 1. The van der Waals surface area contributed by atoms with Crippen LogP contribution >= 0.6 is 7.75 Å². The Hall–Kier alpha value is -2.84. The Labute approximate surface area is 206 Å². The molecular formula is C21H29N4O10P. The summed E-state index contributed by atoms with van der Waals surface area (Å²) in [5, 5.41) is 33.0. The highest BCUT2D eigenvalue weighted by Crippen LogP contribution is 2.46. The molecule has 1 aromatic carbocycles. The number of para-hydroxylation sites is 1. The molecule has 198 valence electrons. The van der Waals surface area contributed by atoms with E-state index in [0.717, 1.165) is 4.57 Å². The minimum atomic E-state index is -4.25. The second-order valence-electron chi connectivity index (χ2n) is 8.11. The molecule has 0 saturated carbocycles. The topological polar surface area (TPSA) is 191 Å². The van der Waals surface area contributed by atoms with Crippen LogP contribution in [0.2, 0.25) is 0 Å². The van der Waals surface area contributed by atoms with Crippen LogP contribution in [0.25, 0.3) is 0 Å². The third kappa shape index (κ3) is 6.28. The largest absolute Gasteiger partial charge is 0.465 e. The van der Waals surface area contributed by atoms with Crippen molar-refractivity contribution in [1.82, 2.24) is 14.6 Å². The van der Waals surface area contributed by atoms with Crippen LogP contribution in [0.15, 0.2) is 47.4 Å². The zero-order valence-corrected chi connectivity index (χ0v) is 20.7. The maximum absolute atomic E-state index is 13.5. The fourth-order valence-electron chi connectivity index (χ4n) is 3.47. The highest BCUT2D eigenvalue weighted by Gasteiger charge is 2.54. The lowest BCUT2D eigenvalue weighted by Gasteiger charge is -2.27. The predicted octanol–water partition coefficient (Wildman–Crippen LogP) is 0.799. The number of aliphatic hydroxyl groups is 2. The number of hydrogen-bond acceptors (Lipinski definition) is 12. The molecule has 0 spiro atoms. The Morgan fingerprint density at radius 3 is 2.64 bits per heavy atom. The summed E-state index contributed by atoms with van der Waals surface area (Å²) in [6.07, 6.45) is -3.04. The number of aliphatic hydroxyl groups excluding tert-OH is 1. The van der Waals surface area contributed by atoms with Crippen LogP contribution in [0.4, 0.5) is 5.82 Å². The number of nitrogens with one attached hydrogen (secondary N) is 2. The quantitative estimate of drug-likeness (QED) is 0.156. The fourth-order valence-corrected chi connectivity index (χ4v) is 4.97. The van der Waals surface area contributed by atoms with E-state index in [4.69, 9.17) is 23.7 Å². The van der Waals surface area contributed by atoms with E-state index in [2.05, 4.69) is 10.1 Å². The standard InChI is InChI=1S/C21H29N4O10P/c1-4-32-18(27)13(2)24-36(31,35-14-8-6-5-7-9-14)33-12-15-17(26)21(3,29)19(34-15)25-11-10-16(23-30)22-20(25)28/h5-11,13,15,17,19,26,29-30H,4,12H2,1-3H3,(H,24,31)(H,22,23,28)/t13-,15+,17?,19+,21?,36?/m0/s1. The van der Waals surface area contributed by atoms with E-state index in [1.54, 1.807) is 30.6 Å². The Bertz CT molecular complexity index is 1150. The molecule has 0 amide bonds. The molecule has 5 N–H and O–H groups in total. The molecule has 1 aromatic heterocycles. The molecule has 36 heavy (non-hydrogen) atoms. The first-order valence-corrected chi connectivity index (χ1v) is 12.5. The third-order valence-electron chi connectivity index (χ3n) is 5.32. The summed E-state index contributed by atoms with van der Waals surface area (Å²) in [6.45, 7) is 3.83. The van der Waals surface area contributed by atoms with Gasteiger partial charge in [0.25, 0.3) is 0 Å². The van der Waals surface area contributed by atoms with Crippen molar-refractivity contribution in [1.29, 1.82) is 0 Å². The van der Waals surface area contributed by atoms with Crippen LogP contribution in [-0.4, -0.2) is 68.0 Å². The van der Waals surface area contributed by atoms with Crippen molar-refractivity contribution < 1.29 is 43.3 Å². The molecule has 3 rings (SSSR count). The van der Waals surface area contributed by atoms with Crippen LogP contribution in [0.1, 0.15) is 27.0 Å². The maximum Gasteiger partial charge on any atom is 0.459 e. The molecule has 1 aliphatic heterocycles. The van der Waals surface area contributed by atoms with Gasteiger partial charge in [-0.05, 0) is 39.0 Å². The first-order chi connectivity index (χ1) is 17.0. The second kappa shape index (κ2) is 11.5. The van der Waals surface area contributed by atoms with Crippen LogP contribution in [-0.2, 0) is 23.4 Å². The minimum Gasteiger partial charge on any atom is -0.465 e. The molecule has 0 aliphatic carbocycles.